The molecule has 0 aliphatic carbocycles. The number of benzene rings is 3. The monoisotopic (exact) mass is 486 g/mol. The SMILES string of the molecule is Cn1c(N=P(c2ccccc2)(c2ccccc2)c2ccccc2)c(/C=C/[N+](=O)[O-])c(=O)n(C)c1=O. The lowest BCUT2D eigenvalue weighted by molar-refractivity contribution is -0.400. The Labute approximate surface area is 201 Å². The molecule has 1 aromatic heterocycles. The third-order valence-corrected chi connectivity index (χ3v) is 9.29. The zero-order valence-corrected chi connectivity index (χ0v) is 20.1. The highest BCUT2D eigenvalue weighted by Crippen LogP contribution is 2.49. The molecule has 0 spiro atoms. The smallest absolute Gasteiger partial charge is 0.281 e. The van der Waals surface area contributed by atoms with Crippen LogP contribution in [-0.4, -0.2) is 14.1 Å². The lowest BCUT2D eigenvalue weighted by Gasteiger charge is -2.27. The minimum absolute atomic E-state index is 0.0292. The van der Waals surface area contributed by atoms with Gasteiger partial charge in [-0.05, 0) is 0 Å². The molecule has 0 N–H and O–H groups in total. The van der Waals surface area contributed by atoms with E-state index in [-0.39, 0.29) is 11.4 Å². The van der Waals surface area contributed by atoms with Crippen molar-refractivity contribution in [2.24, 2.45) is 18.8 Å². The molecule has 4 aromatic rings. The Hall–Kier alpha value is -4.29. The molecule has 0 saturated carbocycles. The predicted octanol–water partition coefficient (Wildman–Crippen LogP) is 3.14. The summed E-state index contributed by atoms with van der Waals surface area (Å²) < 4.78 is 7.42. The summed E-state index contributed by atoms with van der Waals surface area (Å²) in [5, 5.41) is 13.8. The van der Waals surface area contributed by atoms with Gasteiger partial charge < -0.3 is 0 Å². The zero-order chi connectivity index (χ0) is 25.0. The van der Waals surface area contributed by atoms with Crippen molar-refractivity contribution < 1.29 is 4.92 Å². The summed E-state index contributed by atoms with van der Waals surface area (Å²) >= 11 is 0. The Morgan fingerprint density at radius 2 is 1.20 bits per heavy atom. The van der Waals surface area contributed by atoms with Crippen LogP contribution in [0, 0.1) is 10.1 Å². The van der Waals surface area contributed by atoms with Crippen molar-refractivity contribution in [3.05, 3.63) is 134 Å². The van der Waals surface area contributed by atoms with Crippen molar-refractivity contribution in [2.45, 2.75) is 0 Å². The van der Waals surface area contributed by atoms with Crippen LogP contribution in [0.3, 0.4) is 0 Å². The lowest BCUT2D eigenvalue weighted by atomic mass is 10.3. The number of aromatic nitrogens is 2. The largest absolute Gasteiger partial charge is 0.332 e. The van der Waals surface area contributed by atoms with Crippen LogP contribution in [0.4, 0.5) is 5.82 Å². The van der Waals surface area contributed by atoms with E-state index in [4.69, 9.17) is 4.74 Å². The zero-order valence-electron chi connectivity index (χ0n) is 19.2. The molecular weight excluding hydrogens is 463 g/mol. The molecule has 176 valence electrons. The van der Waals surface area contributed by atoms with E-state index < -0.39 is 23.2 Å². The molecule has 0 bridgehead atoms. The predicted molar refractivity (Wildman–Crippen MR) is 140 cm³/mol. The van der Waals surface area contributed by atoms with Gasteiger partial charge in [0, 0.05) is 36.1 Å². The Bertz CT molecular complexity index is 1470. The highest BCUT2D eigenvalue weighted by atomic mass is 31.2. The fourth-order valence-corrected chi connectivity index (χ4v) is 7.53. The van der Waals surface area contributed by atoms with Crippen LogP contribution in [0.15, 0.2) is 112 Å². The highest BCUT2D eigenvalue weighted by Gasteiger charge is 2.29. The molecule has 8 nitrogen and oxygen atoms in total. The van der Waals surface area contributed by atoms with Crippen molar-refractivity contribution in [1.29, 1.82) is 0 Å². The van der Waals surface area contributed by atoms with Gasteiger partial charge in [-0.15, -0.1) is 0 Å². The second kappa shape index (κ2) is 9.91. The third-order valence-electron chi connectivity index (χ3n) is 5.66. The van der Waals surface area contributed by atoms with Crippen LogP contribution in [0.5, 0.6) is 0 Å². The molecule has 0 amide bonds. The molecule has 1 heterocycles. The Morgan fingerprint density at radius 1 is 0.771 bits per heavy atom. The maximum Gasteiger partial charge on any atom is 0.332 e. The number of nitrogens with zero attached hydrogens (tertiary/aromatic N) is 4. The van der Waals surface area contributed by atoms with Gasteiger partial charge in [-0.2, -0.15) is 0 Å². The topological polar surface area (TPSA) is 99.5 Å². The van der Waals surface area contributed by atoms with Crippen LogP contribution in [0.25, 0.3) is 6.08 Å². The first-order chi connectivity index (χ1) is 16.9. The van der Waals surface area contributed by atoms with Crippen molar-refractivity contribution >= 4 is 34.9 Å². The summed E-state index contributed by atoms with van der Waals surface area (Å²) in [6.07, 6.45) is 1.80. The van der Waals surface area contributed by atoms with Gasteiger partial charge in [0.15, 0.2) is 0 Å². The van der Waals surface area contributed by atoms with Crippen LogP contribution < -0.4 is 27.2 Å². The third kappa shape index (κ3) is 4.44. The summed E-state index contributed by atoms with van der Waals surface area (Å²) in [4.78, 5) is 36.5. The summed E-state index contributed by atoms with van der Waals surface area (Å²) in [5.74, 6) is 0.0843. The van der Waals surface area contributed by atoms with Gasteiger partial charge in [0.1, 0.15) is 5.82 Å². The molecular formula is C26H23N4O4P. The van der Waals surface area contributed by atoms with E-state index in [1.54, 1.807) is 0 Å². The van der Waals surface area contributed by atoms with E-state index >= 15 is 0 Å². The Morgan fingerprint density at radius 3 is 1.60 bits per heavy atom. The Balaban J connectivity index is 2.27. The molecule has 4 rings (SSSR count). The molecule has 3 aromatic carbocycles. The van der Waals surface area contributed by atoms with E-state index in [0.717, 1.165) is 26.6 Å². The molecule has 0 aliphatic rings. The van der Waals surface area contributed by atoms with Gasteiger partial charge in [0.05, 0.1) is 17.5 Å². The van der Waals surface area contributed by atoms with E-state index in [1.165, 1.54) is 18.7 Å². The summed E-state index contributed by atoms with van der Waals surface area (Å²) in [6, 6.07) is 29.1. The first-order valence-corrected chi connectivity index (χ1v) is 12.5. The van der Waals surface area contributed by atoms with Crippen LogP contribution in [-0.2, 0) is 14.1 Å². The number of rotatable bonds is 6. The van der Waals surface area contributed by atoms with E-state index in [9.17, 15) is 19.7 Å². The van der Waals surface area contributed by atoms with Gasteiger partial charge >= 0.3 is 5.69 Å². The van der Waals surface area contributed by atoms with Crippen molar-refractivity contribution in [3.8, 4) is 0 Å². The van der Waals surface area contributed by atoms with E-state index in [1.807, 2.05) is 91.0 Å². The first kappa shape index (κ1) is 23.9. The van der Waals surface area contributed by atoms with Crippen LogP contribution in [0.2, 0.25) is 0 Å². The minimum atomic E-state index is -2.82. The Kier molecular flexibility index (Phi) is 6.75. The molecule has 0 saturated heterocycles. The second-order valence-corrected chi connectivity index (χ2v) is 10.8. The average molecular weight is 486 g/mol. The van der Waals surface area contributed by atoms with Gasteiger partial charge in [0.2, 0.25) is 6.20 Å². The average Bonchev–Trinajstić information content (AvgIpc) is 2.90. The number of nitro groups is 1. The number of hydrogen-bond donors (Lipinski definition) is 0. The van der Waals surface area contributed by atoms with E-state index in [2.05, 4.69) is 0 Å². The van der Waals surface area contributed by atoms with Crippen molar-refractivity contribution in [3.63, 3.8) is 0 Å². The summed E-state index contributed by atoms with van der Waals surface area (Å²) in [6.45, 7) is 0. The fourth-order valence-electron chi connectivity index (χ4n) is 3.96. The van der Waals surface area contributed by atoms with Crippen LogP contribution in [0.1, 0.15) is 5.56 Å². The number of hydrogen-bond acceptors (Lipinski definition) is 5. The normalized spacial score (nSPS) is 11.5. The van der Waals surface area contributed by atoms with Gasteiger partial charge in [-0.1, -0.05) is 91.0 Å². The van der Waals surface area contributed by atoms with Gasteiger partial charge in [0.25, 0.3) is 5.56 Å². The maximum absolute atomic E-state index is 13.1. The molecule has 35 heavy (non-hydrogen) atoms. The second-order valence-electron chi connectivity index (χ2n) is 7.79. The molecule has 9 heteroatoms. The fraction of sp³-hybridized carbons (Fsp3) is 0.0769. The quantitative estimate of drug-likeness (QED) is 0.238. The van der Waals surface area contributed by atoms with Crippen molar-refractivity contribution in [1.82, 2.24) is 9.13 Å². The van der Waals surface area contributed by atoms with E-state index in [0.29, 0.717) is 6.20 Å². The molecule has 0 aliphatic heterocycles. The lowest BCUT2D eigenvalue weighted by Crippen LogP contribution is -2.38. The first-order valence-electron chi connectivity index (χ1n) is 10.8. The highest BCUT2D eigenvalue weighted by molar-refractivity contribution is 7.87. The molecule has 0 radical (unpaired) electrons. The van der Waals surface area contributed by atoms with Gasteiger partial charge in [-0.25, -0.2) is 9.54 Å². The van der Waals surface area contributed by atoms with Crippen molar-refractivity contribution in [2.75, 3.05) is 0 Å². The van der Waals surface area contributed by atoms with Crippen LogP contribution >= 0.6 is 7.05 Å². The molecule has 0 atom stereocenters. The molecule has 0 fully saturated rings. The molecule has 0 unspecified atom stereocenters. The standard InChI is InChI=1S/C26H23N4O4P/c1-28-24(23(18-19-30(33)34)25(31)29(2)26(28)32)27-35(20-12-6-3-7-13-20,21-14-8-4-9-15-21)22-16-10-5-11-17-22/h3-19H,1-2H3/b19-18+. The van der Waals surface area contributed by atoms with Gasteiger partial charge in [-0.3, -0.25) is 24.0 Å². The summed E-state index contributed by atoms with van der Waals surface area (Å²) in [5.41, 5.74) is -1.25. The summed E-state index contributed by atoms with van der Waals surface area (Å²) in [7, 11) is 0.0350. The minimum Gasteiger partial charge on any atom is -0.281 e. The maximum atomic E-state index is 13.1.